The Morgan fingerprint density at radius 3 is 2.44 bits per heavy atom. The van der Waals surface area contributed by atoms with Crippen molar-refractivity contribution in [3.63, 3.8) is 0 Å². The minimum Gasteiger partial charge on any atom is -0.479 e. The number of ether oxygens (including phenoxy) is 1. The lowest BCUT2D eigenvalue weighted by Gasteiger charge is -2.45. The summed E-state index contributed by atoms with van der Waals surface area (Å²) in [5.41, 5.74) is 2.34. The molecular formula is C46H49ClFN7O11S2. The molecule has 0 aliphatic carbocycles. The lowest BCUT2D eigenvalue weighted by molar-refractivity contribution is -0.139. The monoisotopic (exact) mass is 993 g/mol. The van der Waals surface area contributed by atoms with E-state index in [-0.39, 0.29) is 66.3 Å². The highest BCUT2D eigenvalue weighted by Gasteiger charge is 2.42. The number of imide groups is 1. The number of sulfonamides is 1. The van der Waals surface area contributed by atoms with E-state index < -0.39 is 75.8 Å². The van der Waals surface area contributed by atoms with Gasteiger partial charge in [-0.3, -0.25) is 24.0 Å². The number of alkyl halides is 1. The number of carboxylic acid groups (broad SMARTS) is 2. The van der Waals surface area contributed by atoms with Crippen molar-refractivity contribution in [2.24, 2.45) is 7.05 Å². The third-order valence-corrected chi connectivity index (χ3v) is 16.4. The van der Waals surface area contributed by atoms with Gasteiger partial charge in [0.1, 0.15) is 17.2 Å². The smallest absolute Gasteiger partial charge is 0.349 e. The molecule has 3 aromatic carbocycles. The molecule has 5 heterocycles. The quantitative estimate of drug-likeness (QED) is 0.0806. The number of urea groups is 1. The first-order chi connectivity index (χ1) is 32.2. The largest absolute Gasteiger partial charge is 0.479 e. The molecule has 5 N–H and O–H groups in total. The fraction of sp³-hybridized carbons (Fsp3) is 0.391. The normalized spacial score (nSPS) is 21.0. The first kappa shape index (κ1) is 48.2. The molecule has 18 nitrogen and oxygen atoms in total. The number of rotatable bonds is 13. The molecule has 0 saturated carbocycles. The van der Waals surface area contributed by atoms with Crippen molar-refractivity contribution in [2.75, 3.05) is 36.9 Å². The van der Waals surface area contributed by atoms with Crippen molar-refractivity contribution in [1.82, 2.24) is 23.7 Å². The summed E-state index contributed by atoms with van der Waals surface area (Å²) in [5.74, 6) is -4.83. The number of aromatic carboxylic acids is 1. The van der Waals surface area contributed by atoms with E-state index in [1.165, 1.54) is 18.3 Å². The van der Waals surface area contributed by atoms with E-state index in [4.69, 9.17) is 21.4 Å². The van der Waals surface area contributed by atoms with Gasteiger partial charge in [0.15, 0.2) is 17.2 Å². The van der Waals surface area contributed by atoms with Gasteiger partial charge in [0.25, 0.3) is 0 Å². The van der Waals surface area contributed by atoms with Crippen LogP contribution in [-0.2, 0) is 37.2 Å². The third-order valence-electron chi connectivity index (χ3n) is 12.7. The highest BCUT2D eigenvalue weighted by Crippen LogP contribution is 2.46. The second-order valence-electron chi connectivity index (χ2n) is 17.9. The van der Waals surface area contributed by atoms with Crippen LogP contribution in [0.2, 0.25) is 5.02 Å². The van der Waals surface area contributed by atoms with Crippen molar-refractivity contribution in [3.05, 3.63) is 98.2 Å². The predicted octanol–water partition coefficient (Wildman–Crippen LogP) is 6.41. The molecule has 3 aliphatic heterocycles. The van der Waals surface area contributed by atoms with Crippen molar-refractivity contribution < 1.29 is 51.7 Å². The van der Waals surface area contributed by atoms with E-state index in [0.717, 1.165) is 11.3 Å². The summed E-state index contributed by atoms with van der Waals surface area (Å²) >= 11 is 7.38. The van der Waals surface area contributed by atoms with Gasteiger partial charge in [-0.15, -0.1) is 11.3 Å². The van der Waals surface area contributed by atoms with Crippen molar-refractivity contribution in [1.29, 1.82) is 0 Å². The van der Waals surface area contributed by atoms with Gasteiger partial charge in [-0.25, -0.2) is 32.0 Å². The highest BCUT2D eigenvalue weighted by atomic mass is 35.5. The molecule has 68 heavy (non-hydrogen) atoms. The number of benzene rings is 3. The van der Waals surface area contributed by atoms with Crippen molar-refractivity contribution in [2.45, 2.75) is 81.4 Å². The van der Waals surface area contributed by atoms with Crippen LogP contribution in [0.5, 0.6) is 5.75 Å². The van der Waals surface area contributed by atoms with Crippen LogP contribution in [0, 0.1) is 0 Å². The number of thiophene rings is 1. The van der Waals surface area contributed by atoms with E-state index >= 15 is 4.39 Å². The first-order valence-electron chi connectivity index (χ1n) is 21.8. The van der Waals surface area contributed by atoms with Gasteiger partial charge in [-0.05, 0) is 92.6 Å². The van der Waals surface area contributed by atoms with E-state index in [1.807, 2.05) is 19.9 Å². The van der Waals surface area contributed by atoms with Gasteiger partial charge >= 0.3 is 23.7 Å². The Morgan fingerprint density at radius 1 is 0.971 bits per heavy atom. The van der Waals surface area contributed by atoms with E-state index in [0.29, 0.717) is 56.8 Å². The zero-order chi connectivity index (χ0) is 48.8. The van der Waals surface area contributed by atoms with Crippen molar-refractivity contribution in [3.8, 4) is 16.2 Å². The molecule has 0 spiro atoms. The summed E-state index contributed by atoms with van der Waals surface area (Å²) in [6.07, 6.45) is -0.0411. The van der Waals surface area contributed by atoms with Gasteiger partial charge in [-0.1, -0.05) is 41.9 Å². The van der Waals surface area contributed by atoms with Crippen LogP contribution < -0.4 is 26.4 Å². The number of likely N-dealkylation sites (tertiary alicyclic amines) is 1. The third kappa shape index (κ3) is 9.83. The highest BCUT2D eigenvalue weighted by molar-refractivity contribution is 7.88. The van der Waals surface area contributed by atoms with Crippen LogP contribution in [0.1, 0.15) is 78.7 Å². The molecule has 8 rings (SSSR count). The Morgan fingerprint density at radius 2 is 1.72 bits per heavy atom. The number of aromatic nitrogens is 2. The van der Waals surface area contributed by atoms with Gasteiger partial charge in [-0.2, -0.15) is 4.31 Å². The molecule has 360 valence electrons. The fourth-order valence-corrected chi connectivity index (χ4v) is 12.9. The Kier molecular flexibility index (Phi) is 13.5. The maximum Gasteiger partial charge on any atom is 0.349 e. The average molecular weight is 995 g/mol. The fourth-order valence-electron chi connectivity index (χ4n) is 9.49. The molecule has 22 heteroatoms. The molecule has 5 aromatic rings. The molecule has 2 aromatic heterocycles. The molecule has 3 fully saturated rings. The number of carbonyl (C=O) groups excluding carboxylic acids is 3. The number of carboxylic acids is 2. The maximum absolute atomic E-state index is 15.6. The number of imidazole rings is 1. The second-order valence-corrected chi connectivity index (χ2v) is 21.2. The van der Waals surface area contributed by atoms with Gasteiger partial charge in [0.2, 0.25) is 21.8 Å². The lowest BCUT2D eigenvalue weighted by atomic mass is 9.88. The van der Waals surface area contributed by atoms with Crippen LogP contribution in [0.15, 0.2) is 71.5 Å². The number of piperidine rings is 3. The molecule has 3 saturated heterocycles. The number of nitrogens with one attached hydrogen (secondary N) is 3. The number of nitrogens with zero attached hydrogens (tertiary/aromatic N) is 4. The van der Waals surface area contributed by atoms with Gasteiger partial charge in [0.05, 0.1) is 21.7 Å². The van der Waals surface area contributed by atoms with Crippen LogP contribution in [0.4, 0.5) is 20.6 Å². The summed E-state index contributed by atoms with van der Waals surface area (Å²) in [6.45, 7) is 3.33. The number of fused-ring (bicyclic) bond motifs is 1. The van der Waals surface area contributed by atoms with E-state index in [2.05, 4.69) is 16.0 Å². The first-order valence-corrected chi connectivity index (χ1v) is 24.6. The number of amides is 4. The summed E-state index contributed by atoms with van der Waals surface area (Å²) in [6, 6.07) is 17.2. The summed E-state index contributed by atoms with van der Waals surface area (Å²) in [5, 5.41) is 27.4. The minimum atomic E-state index is -3.87. The molecule has 4 atom stereocenters. The zero-order valence-corrected chi connectivity index (χ0v) is 39.6. The van der Waals surface area contributed by atoms with E-state index in [9.17, 15) is 42.3 Å². The van der Waals surface area contributed by atoms with Crippen LogP contribution >= 0.6 is 22.9 Å². The maximum atomic E-state index is 15.6. The number of aryl methyl sites for hydroxylation is 1. The topological polar surface area (TPSA) is 239 Å². The van der Waals surface area contributed by atoms with Crippen LogP contribution in [0.3, 0.4) is 0 Å². The van der Waals surface area contributed by atoms with Gasteiger partial charge < -0.3 is 30.5 Å². The lowest BCUT2D eigenvalue weighted by Crippen LogP contribution is -2.55. The predicted molar refractivity (Wildman–Crippen MR) is 253 cm³/mol. The number of carbonyl (C=O) groups is 5. The zero-order valence-electron chi connectivity index (χ0n) is 37.2. The Balaban J connectivity index is 0.897. The number of hydrogen-bond donors (Lipinski definition) is 5. The number of anilines is 2. The number of hydrogen-bond acceptors (Lipinski definition) is 11. The van der Waals surface area contributed by atoms with Gasteiger partial charge in [0, 0.05) is 62.0 Å². The van der Waals surface area contributed by atoms with Crippen LogP contribution in [-0.4, -0.2) is 111 Å². The molecule has 4 amide bonds. The average Bonchev–Trinajstić information content (AvgIpc) is 3.73. The molecule has 0 radical (unpaired) electrons. The SMILES string of the molecule is Cn1c(=O)n(C2CCC(=O)NC2=O)c2ccc([C@H]3CN(C(=O)Nc4cccc(CS(=O)(=O)N5CCC(Nc6cccc(-c7sc(C(=O)O)c(OCC(=O)O)c7Cl)c6)CC5(C)C)c4)CC[C@@H]3F)cc21. The molecular weight excluding hydrogens is 945 g/mol. The molecule has 2 unspecified atom stereocenters. The molecule has 3 aliphatic rings. The second kappa shape index (κ2) is 19.0. The number of aliphatic carboxylic acids is 1. The Bertz CT molecular complexity index is 3030. The Hall–Kier alpha value is -6.29. The van der Waals surface area contributed by atoms with E-state index in [1.54, 1.807) is 67.7 Å². The minimum absolute atomic E-state index is 0.0178. The Labute approximate surface area is 398 Å². The molecule has 0 bridgehead atoms. The summed E-state index contributed by atoms with van der Waals surface area (Å²) in [7, 11) is -2.31. The summed E-state index contributed by atoms with van der Waals surface area (Å²) < 4.78 is 53.2. The number of halogens is 2. The van der Waals surface area contributed by atoms with Crippen molar-refractivity contribution >= 4 is 85.2 Å². The standard InChI is InChI=1S/C46H49ClFN7O11S2/c1-46(2)21-30(49-29-9-5-7-27(19-29)40-38(47)39(66-23-37(57)58)41(67-40)43(60)61)14-17-54(46)68(64,65)24-25-6-4-8-28(18-25)50-44(62)53-16-15-32(48)31(22-53)26-10-11-33-35(20-26)52(3)45(63)55(33)34-12-13-36(56)51-42(34)59/h4-11,18-20,30-32,34,49H,12-17,21-24H2,1-3H3,(H,50,62)(H,57,58)(H,60,61)(H,51,56,59)/t30?,31-,32+,34?/m1/s1. The summed E-state index contributed by atoms with van der Waals surface area (Å²) in [4.78, 5) is 76.1. The van der Waals surface area contributed by atoms with Crippen LogP contribution in [0.25, 0.3) is 21.5 Å².